The van der Waals surface area contributed by atoms with Crippen LogP contribution in [0.4, 0.5) is 0 Å². The molecule has 4 nitrogen and oxygen atoms in total. The molecule has 1 heterocycles. The molecule has 0 bridgehead atoms. The van der Waals surface area contributed by atoms with Crippen molar-refractivity contribution in [2.45, 2.75) is 40.2 Å². The third kappa shape index (κ3) is 3.96. The Morgan fingerprint density at radius 3 is 2.59 bits per heavy atom. The maximum atomic E-state index is 11.9. The first-order valence-corrected chi connectivity index (χ1v) is 6.73. The van der Waals surface area contributed by atoms with Crippen LogP contribution in [0, 0.1) is 5.41 Å². The number of nitrogens with one attached hydrogen (secondary N) is 2. The average Bonchev–Trinajstić information content (AvgIpc) is 2.28. The molecule has 1 aliphatic rings. The Balaban J connectivity index is 2.41. The summed E-state index contributed by atoms with van der Waals surface area (Å²) in [4.78, 5) is 13.8. The van der Waals surface area contributed by atoms with Gasteiger partial charge in [-0.3, -0.25) is 4.79 Å². The highest BCUT2D eigenvalue weighted by molar-refractivity contribution is 5.78. The van der Waals surface area contributed by atoms with Crippen LogP contribution in [0.15, 0.2) is 0 Å². The van der Waals surface area contributed by atoms with Crippen LogP contribution >= 0.6 is 0 Å². The zero-order chi connectivity index (χ0) is 12.9. The smallest absolute Gasteiger partial charge is 0.236 e. The normalized spacial score (nSPS) is 23.4. The van der Waals surface area contributed by atoms with Gasteiger partial charge in [-0.05, 0) is 32.2 Å². The second-order valence-electron chi connectivity index (χ2n) is 5.45. The topological polar surface area (TPSA) is 44.4 Å². The molecule has 0 saturated carbocycles. The Labute approximate surface area is 105 Å². The van der Waals surface area contributed by atoms with Crippen molar-refractivity contribution in [3.63, 3.8) is 0 Å². The molecule has 1 rings (SSSR count). The molecule has 0 aromatic heterocycles. The van der Waals surface area contributed by atoms with E-state index in [1.807, 2.05) is 18.7 Å². The lowest BCUT2D eigenvalue weighted by atomic mass is 9.80. The van der Waals surface area contributed by atoms with Crippen LogP contribution in [0.5, 0.6) is 0 Å². The van der Waals surface area contributed by atoms with Gasteiger partial charge in [0, 0.05) is 25.7 Å². The molecule has 1 unspecified atom stereocenters. The van der Waals surface area contributed by atoms with E-state index in [1.54, 1.807) is 0 Å². The molecule has 100 valence electrons. The van der Waals surface area contributed by atoms with Crippen molar-refractivity contribution < 1.29 is 4.79 Å². The van der Waals surface area contributed by atoms with Gasteiger partial charge in [0.2, 0.25) is 5.91 Å². The third-order valence-electron chi connectivity index (χ3n) is 3.75. The molecule has 2 N–H and O–H groups in total. The minimum Gasteiger partial charge on any atom is -0.342 e. The molecule has 0 radical (unpaired) electrons. The van der Waals surface area contributed by atoms with Crippen LogP contribution in [-0.2, 0) is 4.79 Å². The predicted molar refractivity (Wildman–Crippen MR) is 71.0 cm³/mol. The average molecular weight is 241 g/mol. The fourth-order valence-electron chi connectivity index (χ4n) is 2.45. The Bertz CT molecular complexity index is 249. The van der Waals surface area contributed by atoms with E-state index >= 15 is 0 Å². The van der Waals surface area contributed by atoms with Crippen LogP contribution < -0.4 is 10.6 Å². The van der Waals surface area contributed by atoms with Gasteiger partial charge in [-0.15, -0.1) is 0 Å². The van der Waals surface area contributed by atoms with E-state index in [-0.39, 0.29) is 11.3 Å². The van der Waals surface area contributed by atoms with Crippen molar-refractivity contribution in [1.29, 1.82) is 0 Å². The molecule has 0 aromatic rings. The number of likely N-dealkylation sites (N-methyl/N-ethyl adjacent to an activating group) is 1. The Morgan fingerprint density at radius 2 is 2.06 bits per heavy atom. The predicted octanol–water partition coefficient (Wildman–Crippen LogP) is 0.833. The number of rotatable bonds is 5. The second-order valence-corrected chi connectivity index (χ2v) is 5.45. The molecular formula is C13H27N3O. The van der Waals surface area contributed by atoms with Crippen molar-refractivity contribution in [2.75, 3.05) is 32.7 Å². The summed E-state index contributed by atoms with van der Waals surface area (Å²) in [5.74, 6) is 0.212. The van der Waals surface area contributed by atoms with Gasteiger partial charge in [0.25, 0.3) is 0 Å². The van der Waals surface area contributed by atoms with Gasteiger partial charge < -0.3 is 15.5 Å². The van der Waals surface area contributed by atoms with Crippen molar-refractivity contribution in [1.82, 2.24) is 15.5 Å². The molecule has 4 heteroatoms. The van der Waals surface area contributed by atoms with Gasteiger partial charge in [0.1, 0.15) is 0 Å². The van der Waals surface area contributed by atoms with Gasteiger partial charge in [-0.25, -0.2) is 0 Å². The van der Waals surface area contributed by atoms with E-state index < -0.39 is 0 Å². The number of carbonyl (C=O) groups excluding carboxylic acids is 1. The number of hydrogen-bond donors (Lipinski definition) is 2. The summed E-state index contributed by atoms with van der Waals surface area (Å²) in [5, 5.41) is 6.83. The third-order valence-corrected chi connectivity index (χ3v) is 3.75. The zero-order valence-corrected chi connectivity index (χ0v) is 11.7. The quantitative estimate of drug-likeness (QED) is 0.749. The molecule has 1 amide bonds. The van der Waals surface area contributed by atoms with Crippen LogP contribution in [0.1, 0.15) is 34.1 Å². The lowest BCUT2D eigenvalue weighted by molar-refractivity contribution is -0.130. The van der Waals surface area contributed by atoms with Gasteiger partial charge in [-0.1, -0.05) is 13.8 Å². The first-order chi connectivity index (χ1) is 8.01. The second kappa shape index (κ2) is 6.36. The van der Waals surface area contributed by atoms with E-state index in [4.69, 9.17) is 0 Å². The van der Waals surface area contributed by atoms with E-state index in [0.717, 1.165) is 32.6 Å². The maximum absolute atomic E-state index is 11.9. The molecular weight excluding hydrogens is 214 g/mol. The van der Waals surface area contributed by atoms with E-state index in [2.05, 4.69) is 24.5 Å². The highest BCUT2D eigenvalue weighted by atomic mass is 16.2. The summed E-state index contributed by atoms with van der Waals surface area (Å²) in [5.41, 5.74) is 0.224. The summed E-state index contributed by atoms with van der Waals surface area (Å²) in [6, 6.07) is 0.434. The van der Waals surface area contributed by atoms with Crippen LogP contribution in [0.3, 0.4) is 0 Å². The van der Waals surface area contributed by atoms with Gasteiger partial charge in [0.05, 0.1) is 6.54 Å². The molecule has 1 fully saturated rings. The Kier molecular flexibility index (Phi) is 5.40. The van der Waals surface area contributed by atoms with E-state index in [1.165, 1.54) is 0 Å². The van der Waals surface area contributed by atoms with Crippen molar-refractivity contribution >= 4 is 5.91 Å². The summed E-state index contributed by atoms with van der Waals surface area (Å²) in [6.07, 6.45) is 1.10. The largest absolute Gasteiger partial charge is 0.342 e. The van der Waals surface area contributed by atoms with E-state index in [9.17, 15) is 4.79 Å². The SMILES string of the molecule is CCN(CC)C(=O)CNC1CCNCC1(C)C. The number of piperidine rings is 1. The highest BCUT2D eigenvalue weighted by Gasteiger charge is 2.32. The fraction of sp³-hybridized carbons (Fsp3) is 0.923. The van der Waals surface area contributed by atoms with Crippen LogP contribution in [0.25, 0.3) is 0 Å². The Morgan fingerprint density at radius 1 is 1.41 bits per heavy atom. The summed E-state index contributed by atoms with van der Waals surface area (Å²) in [7, 11) is 0. The number of nitrogens with zero attached hydrogens (tertiary/aromatic N) is 1. The monoisotopic (exact) mass is 241 g/mol. The van der Waals surface area contributed by atoms with Crippen molar-refractivity contribution in [3.8, 4) is 0 Å². The van der Waals surface area contributed by atoms with Gasteiger partial charge >= 0.3 is 0 Å². The number of hydrogen-bond acceptors (Lipinski definition) is 3. The minimum atomic E-state index is 0.212. The number of amides is 1. The molecule has 1 saturated heterocycles. The lowest BCUT2D eigenvalue weighted by Crippen LogP contribution is -2.54. The highest BCUT2D eigenvalue weighted by Crippen LogP contribution is 2.24. The lowest BCUT2D eigenvalue weighted by Gasteiger charge is -2.39. The minimum absolute atomic E-state index is 0.212. The number of carbonyl (C=O) groups is 1. The molecule has 1 aliphatic heterocycles. The summed E-state index contributed by atoms with van der Waals surface area (Å²) < 4.78 is 0. The zero-order valence-electron chi connectivity index (χ0n) is 11.7. The van der Waals surface area contributed by atoms with Gasteiger partial charge in [0.15, 0.2) is 0 Å². The first-order valence-electron chi connectivity index (χ1n) is 6.73. The summed E-state index contributed by atoms with van der Waals surface area (Å²) >= 11 is 0. The van der Waals surface area contributed by atoms with Crippen molar-refractivity contribution in [2.24, 2.45) is 5.41 Å². The van der Waals surface area contributed by atoms with Crippen LogP contribution in [-0.4, -0.2) is 49.6 Å². The van der Waals surface area contributed by atoms with Gasteiger partial charge in [-0.2, -0.15) is 0 Å². The molecule has 0 aromatic carbocycles. The Hall–Kier alpha value is -0.610. The molecule has 17 heavy (non-hydrogen) atoms. The van der Waals surface area contributed by atoms with E-state index in [0.29, 0.717) is 12.6 Å². The maximum Gasteiger partial charge on any atom is 0.236 e. The summed E-state index contributed by atoms with van der Waals surface area (Å²) in [6.45, 7) is 12.7. The standard InChI is InChI=1S/C13H27N3O/c1-5-16(6-2)12(17)9-15-11-7-8-14-10-13(11,3)4/h11,14-15H,5-10H2,1-4H3. The molecule has 1 atom stereocenters. The first kappa shape index (κ1) is 14.5. The van der Waals surface area contributed by atoms with Crippen molar-refractivity contribution in [3.05, 3.63) is 0 Å². The molecule has 0 spiro atoms. The van der Waals surface area contributed by atoms with Crippen LogP contribution in [0.2, 0.25) is 0 Å². The molecule has 0 aliphatic carbocycles. The fourth-order valence-corrected chi connectivity index (χ4v) is 2.45.